The molecule has 22 heavy (non-hydrogen) atoms. The first kappa shape index (κ1) is 14.5. The fourth-order valence-electron chi connectivity index (χ4n) is 2.25. The van der Waals surface area contributed by atoms with Gasteiger partial charge < -0.3 is 0 Å². The number of nitrogens with zero attached hydrogens (tertiary/aromatic N) is 3. The van der Waals surface area contributed by atoms with E-state index in [9.17, 15) is 12.8 Å². The summed E-state index contributed by atoms with van der Waals surface area (Å²) in [6.07, 6.45) is 2.04. The highest BCUT2D eigenvalue weighted by molar-refractivity contribution is 7.92. The summed E-state index contributed by atoms with van der Waals surface area (Å²) in [4.78, 5) is 3.32. The predicted octanol–water partition coefficient (Wildman–Crippen LogP) is 2.22. The van der Waals surface area contributed by atoms with Gasteiger partial charge in [0.05, 0.1) is 23.1 Å². The van der Waals surface area contributed by atoms with Crippen LogP contribution < -0.4 is 4.72 Å². The molecule has 0 atom stereocenters. The Morgan fingerprint density at radius 2 is 2.00 bits per heavy atom. The molecule has 2 aromatic heterocycles. The van der Waals surface area contributed by atoms with Crippen molar-refractivity contribution in [1.29, 1.82) is 0 Å². The Labute approximate surface area is 126 Å². The van der Waals surface area contributed by atoms with Gasteiger partial charge in [-0.15, -0.1) is 0 Å². The number of fused-ring (bicyclic) bond motifs is 1. The molecule has 3 aromatic rings. The molecule has 8 heteroatoms. The monoisotopic (exact) mass is 320 g/mol. The Morgan fingerprint density at radius 3 is 2.73 bits per heavy atom. The number of aryl methyl sites for hydroxylation is 2. The molecule has 0 spiro atoms. The van der Waals surface area contributed by atoms with Crippen molar-refractivity contribution >= 4 is 26.6 Å². The van der Waals surface area contributed by atoms with Crippen LogP contribution in [0.5, 0.6) is 0 Å². The number of halogens is 1. The fourth-order valence-corrected chi connectivity index (χ4v) is 3.28. The van der Waals surface area contributed by atoms with Gasteiger partial charge in [-0.2, -0.15) is 5.10 Å². The summed E-state index contributed by atoms with van der Waals surface area (Å²) in [6, 6.07) is 6.03. The van der Waals surface area contributed by atoms with Crippen LogP contribution >= 0.6 is 0 Å². The maximum absolute atomic E-state index is 13.1. The Balaban J connectivity index is 2.00. The van der Waals surface area contributed by atoms with Crippen LogP contribution in [0.3, 0.4) is 0 Å². The molecule has 6 nitrogen and oxygen atoms in total. The van der Waals surface area contributed by atoms with Crippen molar-refractivity contribution in [2.45, 2.75) is 11.8 Å². The highest BCUT2D eigenvalue weighted by Crippen LogP contribution is 2.23. The summed E-state index contributed by atoms with van der Waals surface area (Å²) in [5.74, 6) is -0.708. The molecular formula is C14H13FN4O2S. The SMILES string of the molecule is Cc1nn(C)c2cc(NS(=O)(=O)c3cncc(F)c3)ccc12. The van der Waals surface area contributed by atoms with E-state index in [0.29, 0.717) is 5.69 Å². The van der Waals surface area contributed by atoms with Crippen LogP contribution in [0.25, 0.3) is 10.9 Å². The molecule has 0 saturated carbocycles. The van der Waals surface area contributed by atoms with E-state index in [1.807, 2.05) is 6.92 Å². The first-order valence-electron chi connectivity index (χ1n) is 6.43. The maximum Gasteiger partial charge on any atom is 0.263 e. The van der Waals surface area contributed by atoms with E-state index in [-0.39, 0.29) is 4.90 Å². The highest BCUT2D eigenvalue weighted by atomic mass is 32.2. The normalized spacial score (nSPS) is 11.8. The van der Waals surface area contributed by atoms with E-state index >= 15 is 0 Å². The van der Waals surface area contributed by atoms with Gasteiger partial charge in [0.25, 0.3) is 10.0 Å². The summed E-state index contributed by atoms with van der Waals surface area (Å²) < 4.78 is 41.7. The van der Waals surface area contributed by atoms with Crippen LogP contribution in [0.1, 0.15) is 5.69 Å². The van der Waals surface area contributed by atoms with Crippen LogP contribution in [-0.2, 0) is 17.1 Å². The standard InChI is InChI=1S/C14H13FN4O2S/c1-9-13-4-3-11(6-14(13)19(2)17-9)18-22(20,21)12-5-10(15)7-16-8-12/h3-8,18H,1-2H3. The molecule has 1 N–H and O–H groups in total. The van der Waals surface area contributed by atoms with E-state index in [2.05, 4.69) is 14.8 Å². The largest absolute Gasteiger partial charge is 0.280 e. The number of benzene rings is 1. The van der Waals surface area contributed by atoms with Gasteiger partial charge in [0, 0.05) is 18.6 Å². The second kappa shape index (κ2) is 5.06. The Morgan fingerprint density at radius 1 is 1.23 bits per heavy atom. The van der Waals surface area contributed by atoms with Crippen LogP contribution in [-0.4, -0.2) is 23.2 Å². The van der Waals surface area contributed by atoms with E-state index in [4.69, 9.17) is 0 Å². The van der Waals surface area contributed by atoms with Crippen LogP contribution in [0.4, 0.5) is 10.1 Å². The smallest absolute Gasteiger partial charge is 0.263 e. The second-order valence-corrected chi connectivity index (χ2v) is 6.57. The molecule has 0 aliphatic heterocycles. The Kier molecular flexibility index (Phi) is 3.32. The topological polar surface area (TPSA) is 76.9 Å². The van der Waals surface area contributed by atoms with Gasteiger partial charge in [-0.25, -0.2) is 12.8 Å². The second-order valence-electron chi connectivity index (χ2n) is 4.89. The van der Waals surface area contributed by atoms with Crippen molar-refractivity contribution < 1.29 is 12.8 Å². The average Bonchev–Trinajstić information content (AvgIpc) is 2.73. The zero-order chi connectivity index (χ0) is 15.9. The lowest BCUT2D eigenvalue weighted by Gasteiger charge is -2.08. The number of hydrogen-bond donors (Lipinski definition) is 1. The summed E-state index contributed by atoms with van der Waals surface area (Å²) in [7, 11) is -2.11. The molecule has 0 aliphatic rings. The molecular weight excluding hydrogens is 307 g/mol. The number of pyridine rings is 1. The molecule has 0 amide bonds. The molecule has 0 aliphatic carbocycles. The van der Waals surface area contributed by atoms with Crippen molar-refractivity contribution in [2.24, 2.45) is 7.05 Å². The van der Waals surface area contributed by atoms with Gasteiger partial charge in [-0.05, 0) is 31.2 Å². The van der Waals surface area contributed by atoms with E-state index in [1.54, 1.807) is 29.9 Å². The zero-order valence-corrected chi connectivity index (χ0v) is 12.7. The molecule has 0 fully saturated rings. The average molecular weight is 320 g/mol. The van der Waals surface area contributed by atoms with E-state index in [0.717, 1.165) is 35.1 Å². The maximum atomic E-state index is 13.1. The number of hydrogen-bond acceptors (Lipinski definition) is 4. The molecule has 3 rings (SSSR count). The first-order valence-corrected chi connectivity index (χ1v) is 7.92. The molecule has 0 bridgehead atoms. The number of anilines is 1. The number of sulfonamides is 1. The molecule has 1 aromatic carbocycles. The van der Waals surface area contributed by atoms with Crippen molar-refractivity contribution in [3.8, 4) is 0 Å². The van der Waals surface area contributed by atoms with Crippen LogP contribution in [0.2, 0.25) is 0 Å². The summed E-state index contributed by atoms with van der Waals surface area (Å²) in [6.45, 7) is 1.88. The van der Waals surface area contributed by atoms with Crippen molar-refractivity contribution in [3.63, 3.8) is 0 Å². The predicted molar refractivity (Wildman–Crippen MR) is 80.5 cm³/mol. The first-order chi connectivity index (χ1) is 10.4. The number of rotatable bonds is 3. The Bertz CT molecular complexity index is 966. The number of aromatic nitrogens is 3. The van der Waals surface area contributed by atoms with Gasteiger partial charge in [-0.3, -0.25) is 14.4 Å². The van der Waals surface area contributed by atoms with Gasteiger partial charge in [-0.1, -0.05) is 0 Å². The van der Waals surface area contributed by atoms with Crippen molar-refractivity contribution in [2.75, 3.05) is 4.72 Å². The molecule has 0 unspecified atom stereocenters. The summed E-state index contributed by atoms with van der Waals surface area (Å²) in [5, 5.41) is 5.22. The lowest BCUT2D eigenvalue weighted by molar-refractivity contribution is 0.592. The molecule has 114 valence electrons. The molecule has 2 heterocycles. The highest BCUT2D eigenvalue weighted by Gasteiger charge is 2.16. The van der Waals surface area contributed by atoms with E-state index < -0.39 is 15.8 Å². The van der Waals surface area contributed by atoms with Crippen LogP contribution in [0, 0.1) is 12.7 Å². The van der Waals surface area contributed by atoms with E-state index in [1.165, 1.54) is 0 Å². The lowest BCUT2D eigenvalue weighted by Crippen LogP contribution is -2.13. The third-order valence-corrected chi connectivity index (χ3v) is 4.63. The fraction of sp³-hybridized carbons (Fsp3) is 0.143. The minimum atomic E-state index is -3.89. The minimum Gasteiger partial charge on any atom is -0.280 e. The van der Waals surface area contributed by atoms with Gasteiger partial charge in [0.1, 0.15) is 10.7 Å². The quantitative estimate of drug-likeness (QED) is 0.803. The van der Waals surface area contributed by atoms with Gasteiger partial charge in [0.15, 0.2) is 0 Å². The summed E-state index contributed by atoms with van der Waals surface area (Å²) >= 11 is 0. The molecule has 0 saturated heterocycles. The van der Waals surface area contributed by atoms with Gasteiger partial charge >= 0.3 is 0 Å². The minimum absolute atomic E-state index is 0.228. The van der Waals surface area contributed by atoms with Crippen molar-refractivity contribution in [1.82, 2.24) is 14.8 Å². The number of nitrogens with one attached hydrogen (secondary N) is 1. The molecule has 0 radical (unpaired) electrons. The van der Waals surface area contributed by atoms with Gasteiger partial charge in [0.2, 0.25) is 0 Å². The summed E-state index contributed by atoms with van der Waals surface area (Å²) in [5.41, 5.74) is 2.04. The van der Waals surface area contributed by atoms with Crippen molar-refractivity contribution in [3.05, 3.63) is 48.2 Å². The third-order valence-electron chi connectivity index (χ3n) is 3.28. The Hall–Kier alpha value is -2.48. The van der Waals surface area contributed by atoms with Crippen LogP contribution in [0.15, 0.2) is 41.6 Å². The third kappa shape index (κ3) is 2.52. The lowest BCUT2D eigenvalue weighted by atomic mass is 10.2. The zero-order valence-electron chi connectivity index (χ0n) is 11.9.